The molecule has 0 saturated carbocycles. The van der Waals surface area contributed by atoms with Crippen LogP contribution in [0.25, 0.3) is 0 Å². The van der Waals surface area contributed by atoms with E-state index in [-0.39, 0.29) is 23.2 Å². The van der Waals surface area contributed by atoms with Gasteiger partial charge >= 0.3 is 5.97 Å². The molecule has 0 spiro atoms. The summed E-state index contributed by atoms with van der Waals surface area (Å²) in [7, 11) is -2.95. The number of carbonyl (C=O) groups is 1. The molecule has 0 aromatic carbocycles. The molecule has 7 nitrogen and oxygen atoms in total. The highest BCUT2D eigenvalue weighted by Gasteiger charge is 2.31. The Bertz CT molecular complexity index is 525. The van der Waals surface area contributed by atoms with E-state index in [1.807, 2.05) is 0 Å². The molecular weight excluding hydrogens is 266 g/mol. The van der Waals surface area contributed by atoms with Crippen LogP contribution < -0.4 is 0 Å². The van der Waals surface area contributed by atoms with E-state index in [0.717, 1.165) is 11.8 Å². The van der Waals surface area contributed by atoms with Gasteiger partial charge in [0.1, 0.15) is 5.82 Å². The maximum absolute atomic E-state index is 11.3. The van der Waals surface area contributed by atoms with Crippen LogP contribution in [0, 0.1) is 0 Å². The number of sulfone groups is 1. The highest BCUT2D eigenvalue weighted by atomic mass is 32.2. The van der Waals surface area contributed by atoms with E-state index in [2.05, 4.69) is 15.2 Å². The van der Waals surface area contributed by atoms with Crippen LogP contribution in [0.4, 0.5) is 0 Å². The van der Waals surface area contributed by atoms with Crippen LogP contribution >= 0.6 is 11.8 Å². The quantitative estimate of drug-likeness (QED) is 0.738. The summed E-state index contributed by atoms with van der Waals surface area (Å²) in [5, 5.41) is 15.4. The summed E-state index contributed by atoms with van der Waals surface area (Å²) in [4.78, 5) is 14.5. The molecule has 1 atom stereocenters. The number of hydrogen-bond donors (Lipinski definition) is 2. The number of rotatable bonds is 4. The van der Waals surface area contributed by atoms with Crippen molar-refractivity contribution in [3.05, 3.63) is 5.82 Å². The Hall–Kier alpha value is -1.09. The molecule has 2 N–H and O–H groups in total. The van der Waals surface area contributed by atoms with E-state index in [9.17, 15) is 13.2 Å². The van der Waals surface area contributed by atoms with Crippen molar-refractivity contribution in [2.75, 3.05) is 17.3 Å². The number of nitrogens with zero attached hydrogens (tertiary/aromatic N) is 2. The van der Waals surface area contributed by atoms with Crippen LogP contribution in [0.3, 0.4) is 0 Å². The van der Waals surface area contributed by atoms with Gasteiger partial charge in [0.05, 0.1) is 17.3 Å². The van der Waals surface area contributed by atoms with Crippen molar-refractivity contribution in [1.29, 1.82) is 0 Å². The minimum atomic E-state index is -2.95. The molecule has 1 unspecified atom stereocenters. The number of thioether (sulfide) groups is 1. The Kier molecular flexibility index (Phi) is 3.38. The molecule has 1 saturated heterocycles. The summed E-state index contributed by atoms with van der Waals surface area (Å²) in [6, 6.07) is 0. The monoisotopic (exact) mass is 277 g/mol. The van der Waals surface area contributed by atoms with Crippen LogP contribution in [0.1, 0.15) is 18.2 Å². The Morgan fingerprint density at radius 2 is 2.35 bits per heavy atom. The third-order valence-corrected chi connectivity index (χ3v) is 5.03. The third kappa shape index (κ3) is 3.19. The van der Waals surface area contributed by atoms with Gasteiger partial charge in [-0.25, -0.2) is 13.4 Å². The zero-order valence-electron chi connectivity index (χ0n) is 8.79. The molecule has 17 heavy (non-hydrogen) atoms. The van der Waals surface area contributed by atoms with Gasteiger partial charge in [-0.2, -0.15) is 0 Å². The molecule has 1 fully saturated rings. The van der Waals surface area contributed by atoms with Gasteiger partial charge in [-0.05, 0) is 6.42 Å². The maximum Gasteiger partial charge on any atom is 0.313 e. The standard InChI is InChI=1S/C8H11N3O4S2/c12-6(13)3-16-8-9-7(10-11-8)5-1-2-17(14,15)4-5/h5H,1-4H2,(H,12,13)(H,9,10,11). The van der Waals surface area contributed by atoms with Crippen molar-refractivity contribution in [2.45, 2.75) is 17.5 Å². The normalized spacial score (nSPS) is 22.7. The van der Waals surface area contributed by atoms with E-state index in [1.54, 1.807) is 0 Å². The smallest absolute Gasteiger partial charge is 0.313 e. The summed E-state index contributed by atoms with van der Waals surface area (Å²) in [5.41, 5.74) is 0. The lowest BCUT2D eigenvalue weighted by atomic mass is 10.1. The number of carboxylic acids is 1. The largest absolute Gasteiger partial charge is 0.481 e. The van der Waals surface area contributed by atoms with Gasteiger partial charge in [-0.15, -0.1) is 5.10 Å². The first kappa shape index (κ1) is 12.4. The number of carboxylic acid groups (broad SMARTS) is 1. The zero-order valence-corrected chi connectivity index (χ0v) is 10.4. The van der Waals surface area contributed by atoms with E-state index in [4.69, 9.17) is 5.11 Å². The van der Waals surface area contributed by atoms with Crippen LogP contribution in [-0.4, -0.2) is 51.9 Å². The summed E-state index contributed by atoms with van der Waals surface area (Å²) in [5.74, 6) is -0.406. The van der Waals surface area contributed by atoms with E-state index < -0.39 is 15.8 Å². The molecule has 1 aliphatic rings. The molecule has 1 aromatic rings. The lowest BCUT2D eigenvalue weighted by Gasteiger charge is -2.00. The fraction of sp³-hybridized carbons (Fsp3) is 0.625. The molecule has 2 heterocycles. The molecule has 1 aliphatic heterocycles. The summed E-state index contributed by atoms with van der Waals surface area (Å²) >= 11 is 1.01. The Morgan fingerprint density at radius 1 is 1.59 bits per heavy atom. The molecule has 0 amide bonds. The number of hydrogen-bond acceptors (Lipinski definition) is 6. The predicted molar refractivity (Wildman–Crippen MR) is 60.8 cm³/mol. The number of H-pyrrole nitrogens is 1. The van der Waals surface area contributed by atoms with Gasteiger partial charge in [-0.1, -0.05) is 11.8 Å². The first-order valence-electron chi connectivity index (χ1n) is 4.93. The summed E-state index contributed by atoms with van der Waals surface area (Å²) in [6.07, 6.45) is 0.542. The highest BCUT2D eigenvalue weighted by Crippen LogP contribution is 2.27. The number of aromatic nitrogens is 3. The number of aliphatic carboxylic acids is 1. The van der Waals surface area contributed by atoms with Crippen LogP contribution in [-0.2, 0) is 14.6 Å². The van der Waals surface area contributed by atoms with Gasteiger partial charge in [0.25, 0.3) is 0 Å². The first-order chi connectivity index (χ1) is 7.96. The lowest BCUT2D eigenvalue weighted by Crippen LogP contribution is -2.05. The second-order valence-corrected chi connectivity index (χ2v) is 6.96. The molecule has 0 aliphatic carbocycles. The predicted octanol–water partition coefficient (Wildman–Crippen LogP) is -0.117. The summed E-state index contributed by atoms with van der Waals surface area (Å²) in [6.45, 7) is 0. The lowest BCUT2D eigenvalue weighted by molar-refractivity contribution is -0.133. The molecule has 0 bridgehead atoms. The van der Waals surface area contributed by atoms with Crippen molar-refractivity contribution in [2.24, 2.45) is 0 Å². The van der Waals surface area contributed by atoms with Crippen LogP contribution in [0.5, 0.6) is 0 Å². The second kappa shape index (κ2) is 4.65. The van der Waals surface area contributed by atoms with Crippen molar-refractivity contribution in [3.8, 4) is 0 Å². The minimum absolute atomic E-state index is 0.0885. The van der Waals surface area contributed by atoms with E-state index in [0.29, 0.717) is 17.4 Å². The average Bonchev–Trinajstić information content (AvgIpc) is 2.81. The van der Waals surface area contributed by atoms with Gasteiger partial charge in [0.15, 0.2) is 9.84 Å². The van der Waals surface area contributed by atoms with Gasteiger partial charge < -0.3 is 5.11 Å². The minimum Gasteiger partial charge on any atom is -0.481 e. The van der Waals surface area contributed by atoms with E-state index >= 15 is 0 Å². The maximum atomic E-state index is 11.3. The molecular formula is C8H11N3O4S2. The zero-order chi connectivity index (χ0) is 12.5. The Balaban J connectivity index is 2.01. The Labute approximate surface area is 102 Å². The topological polar surface area (TPSA) is 113 Å². The SMILES string of the molecule is O=C(O)CSc1n[nH]c(C2CCS(=O)(=O)C2)n1. The number of aromatic amines is 1. The Morgan fingerprint density at radius 3 is 2.94 bits per heavy atom. The van der Waals surface area contributed by atoms with Crippen molar-refractivity contribution >= 4 is 27.6 Å². The van der Waals surface area contributed by atoms with Gasteiger partial charge in [-0.3, -0.25) is 9.89 Å². The average molecular weight is 277 g/mol. The van der Waals surface area contributed by atoms with Gasteiger partial charge in [0, 0.05) is 5.92 Å². The van der Waals surface area contributed by atoms with Crippen molar-refractivity contribution in [1.82, 2.24) is 15.2 Å². The first-order valence-corrected chi connectivity index (χ1v) is 7.74. The molecule has 94 valence electrons. The molecule has 1 aromatic heterocycles. The number of nitrogens with one attached hydrogen (secondary N) is 1. The van der Waals surface area contributed by atoms with Crippen molar-refractivity contribution < 1.29 is 18.3 Å². The van der Waals surface area contributed by atoms with Crippen LogP contribution in [0.15, 0.2) is 5.16 Å². The van der Waals surface area contributed by atoms with Crippen molar-refractivity contribution in [3.63, 3.8) is 0 Å². The fourth-order valence-corrected chi connectivity index (χ4v) is 3.92. The fourth-order valence-electron chi connectivity index (χ4n) is 1.64. The van der Waals surface area contributed by atoms with Gasteiger partial charge in [0.2, 0.25) is 5.16 Å². The highest BCUT2D eigenvalue weighted by molar-refractivity contribution is 7.99. The molecule has 2 rings (SSSR count). The van der Waals surface area contributed by atoms with Crippen LogP contribution in [0.2, 0.25) is 0 Å². The third-order valence-electron chi connectivity index (χ3n) is 2.43. The molecule has 0 radical (unpaired) electrons. The second-order valence-electron chi connectivity index (χ2n) is 3.79. The molecule has 9 heteroatoms. The summed E-state index contributed by atoms with van der Waals surface area (Å²) < 4.78 is 22.6. The van der Waals surface area contributed by atoms with E-state index in [1.165, 1.54) is 0 Å².